The Bertz CT molecular complexity index is 841. The molecule has 5 nitrogen and oxygen atoms in total. The molecule has 0 atom stereocenters. The summed E-state index contributed by atoms with van der Waals surface area (Å²) in [5, 5.41) is 2.73. The summed E-state index contributed by atoms with van der Waals surface area (Å²) in [4.78, 5) is 12.0. The van der Waals surface area contributed by atoms with Crippen molar-refractivity contribution in [2.45, 2.75) is 12.8 Å². The number of rotatable bonds is 7. The molecule has 1 amide bonds. The number of nitrogens with one attached hydrogen (secondary N) is 1. The van der Waals surface area contributed by atoms with E-state index >= 15 is 0 Å². The molecule has 0 aliphatic heterocycles. The monoisotopic (exact) mass is 428 g/mol. The first kappa shape index (κ1) is 19.4. The molecule has 0 spiro atoms. The zero-order valence-corrected chi connectivity index (χ0v) is 16.0. The van der Waals surface area contributed by atoms with E-state index in [-0.39, 0.29) is 31.0 Å². The molecular weight excluding hydrogens is 411 g/mol. The number of anilines is 2. The molecule has 0 aliphatic rings. The predicted molar refractivity (Wildman–Crippen MR) is 101 cm³/mol. The van der Waals surface area contributed by atoms with Crippen molar-refractivity contribution in [2.24, 2.45) is 0 Å². The lowest BCUT2D eigenvalue weighted by Gasteiger charge is -2.22. The molecule has 0 bridgehead atoms. The average molecular weight is 429 g/mol. The van der Waals surface area contributed by atoms with E-state index in [0.29, 0.717) is 5.69 Å². The van der Waals surface area contributed by atoms with Crippen LogP contribution in [0.3, 0.4) is 0 Å². The summed E-state index contributed by atoms with van der Waals surface area (Å²) in [6.45, 7) is 0.0214. The highest BCUT2D eigenvalue weighted by molar-refractivity contribution is 9.10. The zero-order valence-electron chi connectivity index (χ0n) is 13.6. The quantitative estimate of drug-likeness (QED) is 0.729. The van der Waals surface area contributed by atoms with Crippen LogP contribution in [0, 0.1) is 5.82 Å². The molecule has 0 heterocycles. The molecule has 2 aromatic rings. The fraction of sp³-hybridized carbons (Fsp3) is 0.235. The molecule has 134 valence electrons. The van der Waals surface area contributed by atoms with Crippen LogP contribution in [-0.4, -0.2) is 27.1 Å². The number of hydrogen-bond acceptors (Lipinski definition) is 3. The third-order valence-corrected chi connectivity index (χ3v) is 5.12. The van der Waals surface area contributed by atoms with Crippen molar-refractivity contribution < 1.29 is 17.6 Å². The summed E-state index contributed by atoms with van der Waals surface area (Å²) >= 11 is 3.31. The second-order valence-corrected chi connectivity index (χ2v) is 8.27. The zero-order chi connectivity index (χ0) is 18.4. The number of carbonyl (C=O) groups excluding carboxylic acids is 1. The number of benzene rings is 2. The molecule has 1 N–H and O–H groups in total. The van der Waals surface area contributed by atoms with Crippen LogP contribution in [-0.2, 0) is 14.8 Å². The Morgan fingerprint density at radius 2 is 1.80 bits per heavy atom. The molecule has 0 unspecified atom stereocenters. The van der Waals surface area contributed by atoms with E-state index in [1.54, 1.807) is 30.3 Å². The number of carbonyl (C=O) groups is 1. The van der Waals surface area contributed by atoms with Gasteiger partial charge in [0.1, 0.15) is 5.82 Å². The predicted octanol–water partition coefficient (Wildman–Crippen LogP) is 3.77. The van der Waals surface area contributed by atoms with Crippen molar-refractivity contribution >= 4 is 43.2 Å². The van der Waals surface area contributed by atoms with Gasteiger partial charge in [-0.2, -0.15) is 0 Å². The molecule has 2 rings (SSSR count). The van der Waals surface area contributed by atoms with Crippen LogP contribution in [0.25, 0.3) is 0 Å². The van der Waals surface area contributed by atoms with Crippen molar-refractivity contribution in [1.82, 2.24) is 0 Å². The van der Waals surface area contributed by atoms with Gasteiger partial charge in [0.2, 0.25) is 15.9 Å². The minimum atomic E-state index is -3.65. The summed E-state index contributed by atoms with van der Waals surface area (Å²) in [5.41, 5.74) is 0.639. The smallest absolute Gasteiger partial charge is 0.232 e. The number of amides is 1. The van der Waals surface area contributed by atoms with Gasteiger partial charge < -0.3 is 5.32 Å². The number of para-hydroxylation sites is 1. The average Bonchev–Trinajstić information content (AvgIpc) is 2.54. The maximum Gasteiger partial charge on any atom is 0.232 e. The van der Waals surface area contributed by atoms with Crippen LogP contribution in [0.15, 0.2) is 53.0 Å². The first-order valence-corrected chi connectivity index (χ1v) is 10.2. The summed E-state index contributed by atoms with van der Waals surface area (Å²) in [5.74, 6) is -0.850. The van der Waals surface area contributed by atoms with E-state index in [1.165, 1.54) is 18.2 Å². The fourth-order valence-electron chi connectivity index (χ4n) is 2.26. The van der Waals surface area contributed by atoms with Gasteiger partial charge in [-0.1, -0.05) is 28.1 Å². The third-order valence-electron chi connectivity index (χ3n) is 3.41. The van der Waals surface area contributed by atoms with Crippen LogP contribution in [0.1, 0.15) is 12.8 Å². The lowest BCUT2D eigenvalue weighted by molar-refractivity contribution is -0.116. The van der Waals surface area contributed by atoms with Crippen molar-refractivity contribution in [1.29, 1.82) is 0 Å². The Hall–Kier alpha value is -1.93. The Labute approximate surface area is 155 Å². The Morgan fingerprint density at radius 1 is 1.16 bits per heavy atom. The van der Waals surface area contributed by atoms with Crippen LogP contribution < -0.4 is 9.62 Å². The molecule has 0 aromatic heterocycles. The van der Waals surface area contributed by atoms with Crippen LogP contribution in [0.5, 0.6) is 0 Å². The van der Waals surface area contributed by atoms with E-state index in [0.717, 1.165) is 15.0 Å². The van der Waals surface area contributed by atoms with Crippen molar-refractivity contribution in [3.8, 4) is 0 Å². The van der Waals surface area contributed by atoms with Gasteiger partial charge in [0, 0.05) is 23.1 Å². The number of hydrogen-bond donors (Lipinski definition) is 1. The number of halogens is 2. The van der Waals surface area contributed by atoms with Gasteiger partial charge in [-0.3, -0.25) is 9.10 Å². The highest BCUT2D eigenvalue weighted by atomic mass is 79.9. The minimum Gasteiger partial charge on any atom is -0.326 e. The standard InChI is InChI=1S/C17H18BrFN2O3S/c1-25(23,24)21(16-6-3-2-5-15(16)19)12-4-7-17(22)20-14-10-8-13(18)9-11-14/h2-3,5-6,8-11H,4,7,12H2,1H3,(H,20,22). The molecule has 0 saturated heterocycles. The summed E-state index contributed by atoms with van der Waals surface area (Å²) in [6.07, 6.45) is 1.40. The highest BCUT2D eigenvalue weighted by Gasteiger charge is 2.20. The van der Waals surface area contributed by atoms with Gasteiger partial charge >= 0.3 is 0 Å². The van der Waals surface area contributed by atoms with Gasteiger partial charge in [0.15, 0.2) is 0 Å². The molecule has 8 heteroatoms. The van der Waals surface area contributed by atoms with E-state index in [9.17, 15) is 17.6 Å². The first-order chi connectivity index (χ1) is 11.8. The summed E-state index contributed by atoms with van der Waals surface area (Å²) in [7, 11) is -3.65. The van der Waals surface area contributed by atoms with Crippen LogP contribution >= 0.6 is 15.9 Å². The van der Waals surface area contributed by atoms with Crippen LogP contribution in [0.4, 0.5) is 15.8 Å². The second kappa shape index (κ2) is 8.44. The lowest BCUT2D eigenvalue weighted by atomic mass is 10.2. The van der Waals surface area contributed by atoms with Crippen molar-refractivity contribution in [2.75, 3.05) is 22.4 Å². The molecule has 0 radical (unpaired) electrons. The maximum atomic E-state index is 13.9. The molecule has 2 aromatic carbocycles. The third kappa shape index (κ3) is 5.82. The summed E-state index contributed by atoms with van der Waals surface area (Å²) in [6, 6.07) is 12.8. The topological polar surface area (TPSA) is 66.5 Å². The molecule has 0 aliphatic carbocycles. The van der Waals surface area contributed by atoms with E-state index in [1.807, 2.05) is 0 Å². The van der Waals surface area contributed by atoms with Gasteiger partial charge in [0.05, 0.1) is 11.9 Å². The molecule has 25 heavy (non-hydrogen) atoms. The Morgan fingerprint density at radius 3 is 2.40 bits per heavy atom. The van der Waals surface area contributed by atoms with Crippen LogP contribution in [0.2, 0.25) is 0 Å². The van der Waals surface area contributed by atoms with E-state index in [4.69, 9.17) is 0 Å². The van der Waals surface area contributed by atoms with E-state index in [2.05, 4.69) is 21.2 Å². The minimum absolute atomic E-state index is 0.0154. The first-order valence-electron chi connectivity index (χ1n) is 7.55. The van der Waals surface area contributed by atoms with Crippen molar-refractivity contribution in [3.63, 3.8) is 0 Å². The molecule has 0 fully saturated rings. The van der Waals surface area contributed by atoms with Gasteiger partial charge in [-0.15, -0.1) is 0 Å². The Balaban J connectivity index is 1.96. The number of sulfonamides is 1. The lowest BCUT2D eigenvalue weighted by Crippen LogP contribution is -2.32. The van der Waals surface area contributed by atoms with Crippen molar-refractivity contribution in [3.05, 3.63) is 58.8 Å². The Kier molecular flexibility index (Phi) is 6.55. The SMILES string of the molecule is CS(=O)(=O)N(CCCC(=O)Nc1ccc(Br)cc1)c1ccccc1F. The van der Waals surface area contributed by atoms with Gasteiger partial charge in [-0.25, -0.2) is 12.8 Å². The second-order valence-electron chi connectivity index (χ2n) is 5.45. The molecule has 0 saturated carbocycles. The normalized spacial score (nSPS) is 11.2. The number of nitrogens with zero attached hydrogens (tertiary/aromatic N) is 1. The molecular formula is C17H18BrFN2O3S. The fourth-order valence-corrected chi connectivity index (χ4v) is 3.49. The highest BCUT2D eigenvalue weighted by Crippen LogP contribution is 2.22. The summed E-state index contributed by atoms with van der Waals surface area (Å²) < 4.78 is 39.6. The van der Waals surface area contributed by atoms with Gasteiger partial charge in [0.25, 0.3) is 0 Å². The van der Waals surface area contributed by atoms with E-state index < -0.39 is 15.8 Å². The van der Waals surface area contributed by atoms with Gasteiger partial charge in [-0.05, 0) is 42.8 Å². The largest absolute Gasteiger partial charge is 0.326 e. The maximum absolute atomic E-state index is 13.9.